The van der Waals surface area contributed by atoms with Crippen molar-refractivity contribution in [2.75, 3.05) is 19.7 Å². The molecule has 0 aromatic carbocycles. The van der Waals surface area contributed by atoms with Crippen LogP contribution >= 0.6 is 11.3 Å². The first kappa shape index (κ1) is 17.0. The highest BCUT2D eigenvalue weighted by atomic mass is 32.1. The number of morpholine rings is 1. The van der Waals surface area contributed by atoms with Crippen LogP contribution in [0.2, 0.25) is 0 Å². The lowest BCUT2D eigenvalue weighted by atomic mass is 10.1. The van der Waals surface area contributed by atoms with E-state index < -0.39 is 0 Å². The molecule has 1 atom stereocenters. The van der Waals surface area contributed by atoms with Gasteiger partial charge in [-0.2, -0.15) is 0 Å². The van der Waals surface area contributed by atoms with Gasteiger partial charge in [0.05, 0.1) is 23.4 Å². The van der Waals surface area contributed by atoms with Crippen molar-refractivity contribution >= 4 is 17.2 Å². The van der Waals surface area contributed by atoms with Gasteiger partial charge in [-0.15, -0.1) is 11.3 Å². The molecule has 1 aliphatic heterocycles. The summed E-state index contributed by atoms with van der Waals surface area (Å²) in [5, 5.41) is 0.930. The molecular weight excluding hydrogens is 324 g/mol. The Hall–Kier alpha value is -1.86. The van der Waals surface area contributed by atoms with Crippen molar-refractivity contribution in [1.29, 1.82) is 0 Å². The summed E-state index contributed by atoms with van der Waals surface area (Å²) in [6, 6.07) is 2.00. The Morgan fingerprint density at radius 3 is 2.92 bits per heavy atom. The van der Waals surface area contributed by atoms with Crippen molar-refractivity contribution in [2.24, 2.45) is 0 Å². The molecule has 3 rings (SSSR count). The average molecular weight is 346 g/mol. The van der Waals surface area contributed by atoms with Gasteiger partial charge in [-0.1, -0.05) is 0 Å². The van der Waals surface area contributed by atoms with Crippen molar-refractivity contribution < 1.29 is 9.53 Å². The lowest BCUT2D eigenvalue weighted by molar-refractivity contribution is -0.0245. The number of ether oxygens (including phenoxy) is 1. The first-order valence-corrected chi connectivity index (χ1v) is 8.97. The van der Waals surface area contributed by atoms with Crippen LogP contribution in [0.3, 0.4) is 0 Å². The number of thiazole rings is 1. The maximum absolute atomic E-state index is 12.7. The third-order valence-electron chi connectivity index (χ3n) is 4.11. The van der Waals surface area contributed by atoms with Gasteiger partial charge in [0.15, 0.2) is 0 Å². The summed E-state index contributed by atoms with van der Waals surface area (Å²) in [4.78, 5) is 28.1. The van der Waals surface area contributed by atoms with Gasteiger partial charge in [-0.3, -0.25) is 4.79 Å². The molecular formula is C17H22N4O2S. The molecule has 1 saturated heterocycles. The molecule has 6 nitrogen and oxygen atoms in total. The summed E-state index contributed by atoms with van der Waals surface area (Å²) in [7, 11) is 0. The topological polar surface area (TPSA) is 68.2 Å². The lowest BCUT2D eigenvalue weighted by Gasteiger charge is -2.32. The highest BCUT2D eigenvalue weighted by Crippen LogP contribution is 2.21. The zero-order valence-corrected chi connectivity index (χ0v) is 15.1. The monoisotopic (exact) mass is 346 g/mol. The van der Waals surface area contributed by atoms with E-state index in [4.69, 9.17) is 4.74 Å². The minimum absolute atomic E-state index is 0.0484. The summed E-state index contributed by atoms with van der Waals surface area (Å²) >= 11 is 1.47. The maximum atomic E-state index is 12.7. The van der Waals surface area contributed by atoms with Crippen LogP contribution in [-0.4, -0.2) is 51.6 Å². The Balaban J connectivity index is 1.60. The second-order valence-corrected chi connectivity index (χ2v) is 7.28. The van der Waals surface area contributed by atoms with Gasteiger partial charge >= 0.3 is 0 Å². The third-order valence-corrected chi connectivity index (χ3v) is 5.17. The van der Waals surface area contributed by atoms with Gasteiger partial charge in [-0.25, -0.2) is 15.0 Å². The highest BCUT2D eigenvalue weighted by Gasteiger charge is 2.27. The zero-order chi connectivity index (χ0) is 17.1. The van der Waals surface area contributed by atoms with Crippen molar-refractivity contribution in [2.45, 2.75) is 39.7 Å². The van der Waals surface area contributed by atoms with Gasteiger partial charge in [0.25, 0.3) is 5.91 Å². The number of aromatic nitrogens is 3. The Morgan fingerprint density at radius 2 is 2.21 bits per heavy atom. The quantitative estimate of drug-likeness (QED) is 0.850. The normalized spacial score (nSPS) is 18.0. The number of hydrogen-bond acceptors (Lipinski definition) is 6. The van der Waals surface area contributed by atoms with Gasteiger partial charge in [-0.05, 0) is 39.7 Å². The van der Waals surface area contributed by atoms with Gasteiger partial charge in [0, 0.05) is 24.5 Å². The number of aryl methyl sites for hydroxylation is 4. The van der Waals surface area contributed by atoms with Crippen molar-refractivity contribution in [3.05, 3.63) is 39.4 Å². The van der Waals surface area contributed by atoms with E-state index in [1.807, 2.05) is 31.7 Å². The minimum Gasteiger partial charge on any atom is -0.375 e. The molecule has 2 aromatic rings. The lowest BCUT2D eigenvalue weighted by Crippen LogP contribution is -2.45. The Kier molecular flexibility index (Phi) is 5.20. The summed E-state index contributed by atoms with van der Waals surface area (Å²) in [6.45, 7) is 7.63. The van der Waals surface area contributed by atoms with Crippen molar-refractivity contribution in [1.82, 2.24) is 19.9 Å². The molecule has 0 spiro atoms. The molecule has 0 N–H and O–H groups in total. The molecule has 2 aromatic heterocycles. The number of amides is 1. The standard InChI is InChI=1S/C17H22N4O2S/c1-11-8-14(19-10-18-11)4-5-15-9-21(6-7-23-15)17(22)16-12(2)20-13(3)24-16/h8,10,15H,4-7,9H2,1-3H3. The maximum Gasteiger partial charge on any atom is 0.266 e. The number of hydrogen-bond donors (Lipinski definition) is 0. The molecule has 1 amide bonds. The molecule has 1 aliphatic rings. The van der Waals surface area contributed by atoms with E-state index in [2.05, 4.69) is 15.0 Å². The van der Waals surface area contributed by atoms with Crippen LogP contribution in [-0.2, 0) is 11.2 Å². The molecule has 0 aliphatic carbocycles. The van der Waals surface area contributed by atoms with E-state index in [0.29, 0.717) is 19.7 Å². The summed E-state index contributed by atoms with van der Waals surface area (Å²) in [6.07, 6.45) is 3.32. The Labute approximate surface area is 145 Å². The fraction of sp³-hybridized carbons (Fsp3) is 0.529. The number of carbonyl (C=O) groups is 1. The van der Waals surface area contributed by atoms with E-state index in [-0.39, 0.29) is 12.0 Å². The predicted molar refractivity (Wildman–Crippen MR) is 92.3 cm³/mol. The summed E-state index contributed by atoms with van der Waals surface area (Å²) < 4.78 is 5.83. The SMILES string of the molecule is Cc1cc(CCC2CN(C(=O)c3sc(C)nc3C)CCO2)ncn1. The first-order chi connectivity index (χ1) is 11.5. The van der Waals surface area contributed by atoms with Gasteiger partial charge in [0.1, 0.15) is 11.2 Å². The molecule has 24 heavy (non-hydrogen) atoms. The first-order valence-electron chi connectivity index (χ1n) is 8.15. The van der Waals surface area contributed by atoms with E-state index in [9.17, 15) is 4.79 Å². The second kappa shape index (κ2) is 7.36. The smallest absolute Gasteiger partial charge is 0.266 e. The predicted octanol–water partition coefficient (Wildman–Crippen LogP) is 2.33. The summed E-state index contributed by atoms with van der Waals surface area (Å²) in [5.74, 6) is 0.0734. The molecule has 7 heteroatoms. The van der Waals surface area contributed by atoms with Crippen molar-refractivity contribution in [3.63, 3.8) is 0 Å². The molecule has 128 valence electrons. The molecule has 0 radical (unpaired) electrons. The number of carbonyl (C=O) groups excluding carboxylic acids is 1. The highest BCUT2D eigenvalue weighted by molar-refractivity contribution is 7.13. The molecule has 1 unspecified atom stereocenters. The van der Waals surface area contributed by atoms with E-state index in [1.54, 1.807) is 6.33 Å². The second-order valence-electron chi connectivity index (χ2n) is 6.08. The third kappa shape index (κ3) is 3.96. The van der Waals surface area contributed by atoms with Crippen LogP contribution in [0.5, 0.6) is 0 Å². The van der Waals surface area contributed by atoms with Crippen LogP contribution in [0.4, 0.5) is 0 Å². The molecule has 3 heterocycles. The van der Waals surface area contributed by atoms with Crippen LogP contribution in [0.25, 0.3) is 0 Å². The van der Waals surface area contributed by atoms with Gasteiger partial charge < -0.3 is 9.64 Å². The van der Waals surface area contributed by atoms with Crippen molar-refractivity contribution in [3.8, 4) is 0 Å². The van der Waals surface area contributed by atoms with Crippen LogP contribution in [0, 0.1) is 20.8 Å². The molecule has 0 bridgehead atoms. The fourth-order valence-corrected chi connectivity index (χ4v) is 3.79. The largest absolute Gasteiger partial charge is 0.375 e. The Bertz CT molecular complexity index is 731. The number of nitrogens with zero attached hydrogens (tertiary/aromatic N) is 4. The van der Waals surface area contributed by atoms with E-state index in [1.165, 1.54) is 11.3 Å². The van der Waals surface area contributed by atoms with E-state index >= 15 is 0 Å². The fourth-order valence-electron chi connectivity index (χ4n) is 2.91. The molecule has 0 saturated carbocycles. The number of rotatable bonds is 4. The minimum atomic E-state index is 0.0484. The average Bonchev–Trinajstić information content (AvgIpc) is 2.91. The van der Waals surface area contributed by atoms with E-state index in [0.717, 1.165) is 39.8 Å². The summed E-state index contributed by atoms with van der Waals surface area (Å²) in [5.41, 5.74) is 2.81. The van der Waals surface area contributed by atoms with Crippen LogP contribution < -0.4 is 0 Å². The zero-order valence-electron chi connectivity index (χ0n) is 14.3. The molecule has 1 fully saturated rings. The van der Waals surface area contributed by atoms with Crippen LogP contribution in [0.1, 0.15) is 38.2 Å². The van der Waals surface area contributed by atoms with Gasteiger partial charge in [0.2, 0.25) is 0 Å². The van der Waals surface area contributed by atoms with Crippen LogP contribution in [0.15, 0.2) is 12.4 Å². The Morgan fingerprint density at radius 1 is 1.38 bits per heavy atom.